The molecule has 0 saturated heterocycles. The highest BCUT2D eigenvalue weighted by atomic mass is 16.3. The Kier molecular flexibility index (Phi) is 7.64. The van der Waals surface area contributed by atoms with Crippen LogP contribution in [0.2, 0.25) is 0 Å². The molecular formula is C10H19NO6. The number of carbonyl (C=O) groups excluding carboxylic acids is 2. The average molecular weight is 249 g/mol. The molecule has 0 radical (unpaired) electrons. The predicted molar refractivity (Wildman–Crippen MR) is 58.0 cm³/mol. The third-order valence-electron chi connectivity index (χ3n) is 2.22. The predicted octanol–water partition coefficient (Wildman–Crippen LogP) is -2.45. The maximum absolute atomic E-state index is 11.3. The maximum Gasteiger partial charge on any atom is 0.220 e. The van der Waals surface area contributed by atoms with Gasteiger partial charge in [0.15, 0.2) is 5.78 Å². The smallest absolute Gasteiger partial charge is 0.220 e. The summed E-state index contributed by atoms with van der Waals surface area (Å²) in [6.45, 7) is 0.266. The van der Waals surface area contributed by atoms with Crippen molar-refractivity contribution in [1.82, 2.24) is 5.32 Å². The van der Waals surface area contributed by atoms with Crippen LogP contribution in [-0.2, 0) is 9.59 Å². The highest BCUT2D eigenvalue weighted by Crippen LogP contribution is 2.02. The Morgan fingerprint density at radius 1 is 1.24 bits per heavy atom. The molecule has 0 spiro atoms. The molecule has 0 aliphatic rings. The van der Waals surface area contributed by atoms with Crippen molar-refractivity contribution in [3.8, 4) is 0 Å². The van der Waals surface area contributed by atoms with E-state index in [1.807, 2.05) is 0 Å². The minimum atomic E-state index is -1.48. The Labute approximate surface area is 99.1 Å². The van der Waals surface area contributed by atoms with Crippen LogP contribution < -0.4 is 5.32 Å². The summed E-state index contributed by atoms with van der Waals surface area (Å²) >= 11 is 0. The molecule has 7 heteroatoms. The van der Waals surface area contributed by atoms with Crippen LogP contribution in [0, 0.1) is 0 Å². The summed E-state index contributed by atoms with van der Waals surface area (Å²) in [6.07, 6.45) is -2.46. The van der Waals surface area contributed by atoms with Crippen LogP contribution in [0.4, 0.5) is 0 Å². The molecule has 0 aromatic carbocycles. The van der Waals surface area contributed by atoms with Crippen molar-refractivity contribution in [2.45, 2.75) is 38.0 Å². The van der Waals surface area contributed by atoms with Crippen molar-refractivity contribution in [3.05, 3.63) is 0 Å². The van der Waals surface area contributed by atoms with E-state index < -0.39 is 36.5 Å². The van der Waals surface area contributed by atoms with Gasteiger partial charge >= 0.3 is 0 Å². The molecule has 7 nitrogen and oxygen atoms in total. The van der Waals surface area contributed by atoms with E-state index in [2.05, 4.69) is 5.32 Å². The fraction of sp³-hybridized carbons (Fsp3) is 0.800. The zero-order valence-electron chi connectivity index (χ0n) is 9.67. The van der Waals surface area contributed by atoms with Gasteiger partial charge in [0, 0.05) is 13.0 Å². The van der Waals surface area contributed by atoms with Crippen LogP contribution in [0.15, 0.2) is 0 Å². The number of hydrogen-bond donors (Lipinski definition) is 5. The fourth-order valence-corrected chi connectivity index (χ4v) is 1.22. The Balaban J connectivity index is 4.49. The molecule has 0 aliphatic heterocycles. The number of nitrogens with one attached hydrogen (secondary N) is 1. The second kappa shape index (κ2) is 8.13. The van der Waals surface area contributed by atoms with Crippen LogP contribution in [0.25, 0.3) is 0 Å². The Morgan fingerprint density at radius 3 is 2.24 bits per heavy atom. The van der Waals surface area contributed by atoms with Gasteiger partial charge in [-0.25, -0.2) is 0 Å². The van der Waals surface area contributed by atoms with Crippen LogP contribution in [-0.4, -0.2) is 63.6 Å². The highest BCUT2D eigenvalue weighted by molar-refractivity contribution is 5.90. The maximum atomic E-state index is 11.3. The third-order valence-corrected chi connectivity index (χ3v) is 2.22. The van der Waals surface area contributed by atoms with Gasteiger partial charge in [-0.05, 0) is 13.3 Å². The van der Waals surface area contributed by atoms with E-state index >= 15 is 0 Å². The molecule has 0 aliphatic carbocycles. The fourth-order valence-electron chi connectivity index (χ4n) is 1.22. The first-order valence-electron chi connectivity index (χ1n) is 5.34. The molecule has 5 N–H and O–H groups in total. The molecule has 0 unspecified atom stereocenters. The molecule has 0 fully saturated rings. The second-order valence-electron chi connectivity index (χ2n) is 3.73. The van der Waals surface area contributed by atoms with Gasteiger partial charge in [0.2, 0.25) is 5.91 Å². The molecule has 100 valence electrons. The number of aliphatic hydroxyl groups excluding tert-OH is 4. The van der Waals surface area contributed by atoms with Gasteiger partial charge in [0.1, 0.15) is 18.8 Å². The summed E-state index contributed by atoms with van der Waals surface area (Å²) in [5, 5.41) is 38.1. The lowest BCUT2D eigenvalue weighted by Crippen LogP contribution is -2.53. The molecule has 3 atom stereocenters. The van der Waals surface area contributed by atoms with Gasteiger partial charge < -0.3 is 25.7 Å². The number of rotatable bonds is 8. The number of aliphatic hydroxyl groups is 4. The summed E-state index contributed by atoms with van der Waals surface area (Å²) < 4.78 is 0. The molecule has 0 bridgehead atoms. The molecular weight excluding hydrogens is 230 g/mol. The first kappa shape index (κ1) is 16.0. The van der Waals surface area contributed by atoms with Gasteiger partial charge in [-0.1, -0.05) is 0 Å². The Hall–Kier alpha value is -1.02. The number of hydrogen-bond acceptors (Lipinski definition) is 6. The lowest BCUT2D eigenvalue weighted by atomic mass is 10.0. The minimum Gasteiger partial charge on any atom is -0.396 e. The van der Waals surface area contributed by atoms with Gasteiger partial charge in [-0.3, -0.25) is 9.59 Å². The summed E-state index contributed by atoms with van der Waals surface area (Å²) in [4.78, 5) is 22.6. The van der Waals surface area contributed by atoms with Crippen molar-refractivity contribution < 1.29 is 30.0 Å². The first-order chi connectivity index (χ1) is 7.93. The van der Waals surface area contributed by atoms with Gasteiger partial charge in [0.05, 0.1) is 6.10 Å². The Bertz CT molecular complexity index is 255. The van der Waals surface area contributed by atoms with E-state index in [-0.39, 0.29) is 19.4 Å². The van der Waals surface area contributed by atoms with Crippen molar-refractivity contribution >= 4 is 11.7 Å². The summed E-state index contributed by atoms with van der Waals surface area (Å²) in [6, 6.07) is -1.34. The van der Waals surface area contributed by atoms with Gasteiger partial charge in [0.25, 0.3) is 0 Å². The van der Waals surface area contributed by atoms with E-state index in [4.69, 9.17) is 15.3 Å². The lowest BCUT2D eigenvalue weighted by molar-refractivity contribution is -0.134. The van der Waals surface area contributed by atoms with Crippen LogP contribution in [0.1, 0.15) is 19.8 Å². The van der Waals surface area contributed by atoms with Gasteiger partial charge in [-0.2, -0.15) is 0 Å². The average Bonchev–Trinajstić information content (AvgIpc) is 2.31. The van der Waals surface area contributed by atoms with Crippen molar-refractivity contribution in [2.24, 2.45) is 0 Å². The first-order valence-corrected chi connectivity index (χ1v) is 5.34. The van der Waals surface area contributed by atoms with Crippen LogP contribution in [0.5, 0.6) is 0 Å². The number of carbonyl (C=O) groups is 2. The molecule has 0 rings (SSSR count). The molecule has 17 heavy (non-hydrogen) atoms. The quantitative estimate of drug-likeness (QED) is 0.325. The molecule has 0 aromatic heterocycles. The SMILES string of the molecule is C[C@@H](O)[C@H](O)[C@H](NC(=O)CCCO)C(=O)CO. The molecule has 0 saturated carbocycles. The summed E-state index contributed by atoms with van der Waals surface area (Å²) in [5.41, 5.74) is 0. The van der Waals surface area contributed by atoms with E-state index in [0.717, 1.165) is 0 Å². The zero-order valence-corrected chi connectivity index (χ0v) is 9.67. The molecule has 0 heterocycles. The topological polar surface area (TPSA) is 127 Å². The van der Waals surface area contributed by atoms with E-state index in [1.165, 1.54) is 6.92 Å². The van der Waals surface area contributed by atoms with E-state index in [1.54, 1.807) is 0 Å². The zero-order chi connectivity index (χ0) is 13.4. The monoisotopic (exact) mass is 249 g/mol. The number of ketones is 1. The summed E-state index contributed by atoms with van der Waals surface area (Å²) in [5.74, 6) is -1.32. The standard InChI is InChI=1S/C10H19NO6/c1-6(14)10(17)9(7(15)5-13)11-8(16)3-2-4-12/h6,9-10,12-14,17H,2-5H2,1H3,(H,11,16)/t6-,9-,10+/m1/s1. The second-order valence-corrected chi connectivity index (χ2v) is 3.73. The normalized spacial score (nSPS) is 16.1. The highest BCUT2D eigenvalue weighted by Gasteiger charge is 2.30. The van der Waals surface area contributed by atoms with Gasteiger partial charge in [-0.15, -0.1) is 0 Å². The Morgan fingerprint density at radius 2 is 1.82 bits per heavy atom. The van der Waals surface area contributed by atoms with E-state index in [9.17, 15) is 14.7 Å². The third kappa shape index (κ3) is 5.73. The molecule has 0 aromatic rings. The molecule has 1 amide bonds. The van der Waals surface area contributed by atoms with Crippen molar-refractivity contribution in [3.63, 3.8) is 0 Å². The van der Waals surface area contributed by atoms with Crippen molar-refractivity contribution in [1.29, 1.82) is 0 Å². The number of amides is 1. The largest absolute Gasteiger partial charge is 0.396 e. The summed E-state index contributed by atoms with van der Waals surface area (Å²) in [7, 11) is 0. The number of Topliss-reactive ketones (excluding diaryl/α,β-unsaturated/α-hetero) is 1. The minimum absolute atomic E-state index is 0.00175. The van der Waals surface area contributed by atoms with E-state index in [0.29, 0.717) is 0 Å². The van der Waals surface area contributed by atoms with Crippen LogP contribution in [0.3, 0.4) is 0 Å². The van der Waals surface area contributed by atoms with Crippen LogP contribution >= 0.6 is 0 Å². The van der Waals surface area contributed by atoms with Crippen molar-refractivity contribution in [2.75, 3.05) is 13.2 Å². The lowest BCUT2D eigenvalue weighted by Gasteiger charge is -2.24.